The number of nitrogen functional groups attached to an aromatic ring is 1. The summed E-state index contributed by atoms with van der Waals surface area (Å²) >= 11 is 0. The number of anilines is 2. The van der Waals surface area contributed by atoms with E-state index in [4.69, 9.17) is 5.73 Å². The first-order chi connectivity index (χ1) is 9.97. The first-order valence-electron chi connectivity index (χ1n) is 7.40. The quantitative estimate of drug-likeness (QED) is 0.852. The standard InChI is InChI=1S/C17H24N4/c1-12(2)16-9-17(20-11-19-16)21(13(3)4)10-14-5-7-15(18)8-6-14/h5-9,11-13H,10,18H2,1-4H3. The molecule has 0 amide bonds. The first-order valence-corrected chi connectivity index (χ1v) is 7.40. The summed E-state index contributed by atoms with van der Waals surface area (Å²) in [6, 6.07) is 10.4. The molecule has 0 aliphatic rings. The monoisotopic (exact) mass is 284 g/mol. The Kier molecular flexibility index (Phi) is 4.78. The van der Waals surface area contributed by atoms with Crippen LogP contribution in [0.1, 0.15) is 44.9 Å². The fourth-order valence-electron chi connectivity index (χ4n) is 2.18. The minimum atomic E-state index is 0.359. The smallest absolute Gasteiger partial charge is 0.132 e. The molecule has 1 aromatic carbocycles. The van der Waals surface area contributed by atoms with Crippen LogP contribution in [-0.2, 0) is 6.54 Å². The molecule has 0 aliphatic carbocycles. The van der Waals surface area contributed by atoms with Crippen molar-refractivity contribution in [3.05, 3.63) is 47.9 Å². The maximum atomic E-state index is 5.75. The van der Waals surface area contributed by atoms with Crippen LogP contribution in [0.15, 0.2) is 36.7 Å². The highest BCUT2D eigenvalue weighted by molar-refractivity contribution is 5.44. The van der Waals surface area contributed by atoms with Gasteiger partial charge in [0, 0.05) is 30.0 Å². The normalized spacial score (nSPS) is 11.1. The van der Waals surface area contributed by atoms with E-state index < -0.39 is 0 Å². The van der Waals surface area contributed by atoms with E-state index in [0.29, 0.717) is 12.0 Å². The molecule has 0 atom stereocenters. The summed E-state index contributed by atoms with van der Waals surface area (Å²) < 4.78 is 0. The van der Waals surface area contributed by atoms with Crippen LogP contribution in [0.25, 0.3) is 0 Å². The molecule has 21 heavy (non-hydrogen) atoms. The predicted molar refractivity (Wildman–Crippen MR) is 88.3 cm³/mol. The van der Waals surface area contributed by atoms with Crippen LogP contribution in [-0.4, -0.2) is 16.0 Å². The number of hydrogen-bond donors (Lipinski definition) is 1. The van der Waals surface area contributed by atoms with Crippen LogP contribution in [0.2, 0.25) is 0 Å². The summed E-state index contributed by atoms with van der Waals surface area (Å²) in [5.41, 5.74) is 8.83. The minimum Gasteiger partial charge on any atom is -0.399 e. The first kappa shape index (κ1) is 15.3. The zero-order valence-corrected chi connectivity index (χ0v) is 13.2. The third-order valence-corrected chi connectivity index (χ3v) is 3.52. The van der Waals surface area contributed by atoms with Crippen molar-refractivity contribution in [2.45, 2.75) is 46.2 Å². The van der Waals surface area contributed by atoms with E-state index in [1.54, 1.807) is 6.33 Å². The van der Waals surface area contributed by atoms with Gasteiger partial charge in [0.25, 0.3) is 0 Å². The average Bonchev–Trinajstić information content (AvgIpc) is 2.46. The zero-order chi connectivity index (χ0) is 15.4. The topological polar surface area (TPSA) is 55.0 Å². The van der Waals surface area contributed by atoms with E-state index >= 15 is 0 Å². The summed E-state index contributed by atoms with van der Waals surface area (Å²) in [5.74, 6) is 1.37. The molecular weight excluding hydrogens is 260 g/mol. The zero-order valence-electron chi connectivity index (χ0n) is 13.2. The van der Waals surface area contributed by atoms with E-state index in [0.717, 1.165) is 23.7 Å². The molecule has 2 aromatic rings. The number of nitrogens with zero attached hydrogens (tertiary/aromatic N) is 3. The van der Waals surface area contributed by atoms with E-state index in [-0.39, 0.29) is 0 Å². The highest BCUT2D eigenvalue weighted by Gasteiger charge is 2.14. The van der Waals surface area contributed by atoms with Gasteiger partial charge in [0.2, 0.25) is 0 Å². The molecule has 4 heteroatoms. The molecule has 0 unspecified atom stereocenters. The second-order valence-electron chi connectivity index (χ2n) is 5.92. The second kappa shape index (κ2) is 6.57. The maximum absolute atomic E-state index is 5.75. The second-order valence-corrected chi connectivity index (χ2v) is 5.92. The van der Waals surface area contributed by atoms with Gasteiger partial charge in [-0.2, -0.15) is 0 Å². The summed E-state index contributed by atoms with van der Waals surface area (Å²) in [6.07, 6.45) is 1.66. The molecule has 0 saturated carbocycles. The minimum absolute atomic E-state index is 0.359. The number of aromatic nitrogens is 2. The highest BCUT2D eigenvalue weighted by Crippen LogP contribution is 2.21. The molecule has 2 rings (SSSR count). The Morgan fingerprint density at radius 1 is 1.05 bits per heavy atom. The van der Waals surface area contributed by atoms with Crippen molar-refractivity contribution in [3.63, 3.8) is 0 Å². The average molecular weight is 284 g/mol. The molecular formula is C17H24N4. The molecule has 4 nitrogen and oxygen atoms in total. The molecule has 112 valence electrons. The van der Waals surface area contributed by atoms with Crippen molar-refractivity contribution < 1.29 is 0 Å². The lowest BCUT2D eigenvalue weighted by atomic mass is 10.1. The lowest BCUT2D eigenvalue weighted by molar-refractivity contribution is 0.667. The number of benzene rings is 1. The van der Waals surface area contributed by atoms with Gasteiger partial charge in [0.1, 0.15) is 12.1 Å². The molecule has 1 heterocycles. The number of hydrogen-bond acceptors (Lipinski definition) is 4. The van der Waals surface area contributed by atoms with E-state index in [9.17, 15) is 0 Å². The van der Waals surface area contributed by atoms with Gasteiger partial charge < -0.3 is 10.6 Å². The van der Waals surface area contributed by atoms with Gasteiger partial charge in [-0.3, -0.25) is 0 Å². The summed E-state index contributed by atoms with van der Waals surface area (Å²) in [7, 11) is 0. The maximum Gasteiger partial charge on any atom is 0.132 e. The van der Waals surface area contributed by atoms with Crippen LogP contribution >= 0.6 is 0 Å². The van der Waals surface area contributed by atoms with Crippen molar-refractivity contribution in [3.8, 4) is 0 Å². The highest BCUT2D eigenvalue weighted by atomic mass is 15.2. The fourth-order valence-corrected chi connectivity index (χ4v) is 2.18. The Hall–Kier alpha value is -2.10. The van der Waals surface area contributed by atoms with Gasteiger partial charge in [-0.05, 0) is 37.5 Å². The van der Waals surface area contributed by atoms with E-state index in [2.05, 4.69) is 60.8 Å². The van der Waals surface area contributed by atoms with Crippen molar-refractivity contribution >= 4 is 11.5 Å². The molecule has 0 aliphatic heterocycles. The molecule has 0 fully saturated rings. The van der Waals surface area contributed by atoms with Crippen molar-refractivity contribution in [2.75, 3.05) is 10.6 Å². The summed E-state index contributed by atoms with van der Waals surface area (Å²) in [4.78, 5) is 11.1. The third-order valence-electron chi connectivity index (χ3n) is 3.52. The van der Waals surface area contributed by atoms with Gasteiger partial charge in [-0.25, -0.2) is 9.97 Å². The van der Waals surface area contributed by atoms with Gasteiger partial charge in [0.15, 0.2) is 0 Å². The Bertz CT molecular complexity index is 576. The fraction of sp³-hybridized carbons (Fsp3) is 0.412. The lowest BCUT2D eigenvalue weighted by Crippen LogP contribution is -2.31. The molecule has 0 saturated heterocycles. The summed E-state index contributed by atoms with van der Waals surface area (Å²) in [5, 5.41) is 0. The Morgan fingerprint density at radius 2 is 1.71 bits per heavy atom. The van der Waals surface area contributed by atoms with Gasteiger partial charge in [-0.15, -0.1) is 0 Å². The largest absolute Gasteiger partial charge is 0.399 e. The van der Waals surface area contributed by atoms with Gasteiger partial charge in [-0.1, -0.05) is 26.0 Å². The predicted octanol–water partition coefficient (Wildman–Crippen LogP) is 3.60. The molecule has 0 bridgehead atoms. The van der Waals surface area contributed by atoms with Crippen LogP contribution in [0.3, 0.4) is 0 Å². The van der Waals surface area contributed by atoms with E-state index in [1.165, 1.54) is 5.56 Å². The van der Waals surface area contributed by atoms with Crippen LogP contribution in [0, 0.1) is 0 Å². The van der Waals surface area contributed by atoms with Crippen LogP contribution in [0.4, 0.5) is 11.5 Å². The van der Waals surface area contributed by atoms with Gasteiger partial charge >= 0.3 is 0 Å². The third kappa shape index (κ3) is 3.94. The molecule has 0 spiro atoms. The number of nitrogens with two attached hydrogens (primary N) is 1. The number of rotatable bonds is 5. The molecule has 0 radical (unpaired) electrons. The Labute approximate surface area is 127 Å². The van der Waals surface area contributed by atoms with Gasteiger partial charge in [0.05, 0.1) is 0 Å². The van der Waals surface area contributed by atoms with Crippen molar-refractivity contribution in [1.82, 2.24) is 9.97 Å². The van der Waals surface area contributed by atoms with Crippen LogP contribution in [0.5, 0.6) is 0 Å². The Balaban J connectivity index is 2.26. The summed E-state index contributed by atoms with van der Waals surface area (Å²) in [6.45, 7) is 9.45. The van der Waals surface area contributed by atoms with Crippen LogP contribution < -0.4 is 10.6 Å². The van der Waals surface area contributed by atoms with Crippen molar-refractivity contribution in [1.29, 1.82) is 0 Å². The molecule has 2 N–H and O–H groups in total. The van der Waals surface area contributed by atoms with E-state index in [1.807, 2.05) is 12.1 Å². The SMILES string of the molecule is CC(C)c1cc(N(Cc2ccc(N)cc2)C(C)C)ncn1. The van der Waals surface area contributed by atoms with Crippen molar-refractivity contribution in [2.24, 2.45) is 0 Å². The Morgan fingerprint density at radius 3 is 2.29 bits per heavy atom. The molecule has 1 aromatic heterocycles. The lowest BCUT2D eigenvalue weighted by Gasteiger charge is -2.28.